The van der Waals surface area contributed by atoms with Gasteiger partial charge in [-0.3, -0.25) is 0 Å². The van der Waals surface area contributed by atoms with Crippen LogP contribution in [0.5, 0.6) is 0 Å². The maximum absolute atomic E-state index is 12.8. The molecule has 0 aliphatic carbocycles. The van der Waals surface area contributed by atoms with Crippen LogP contribution < -0.4 is 0 Å². The van der Waals surface area contributed by atoms with Crippen LogP contribution in [0.1, 0.15) is 19.2 Å². The summed E-state index contributed by atoms with van der Waals surface area (Å²) in [5, 5.41) is -0.306. The highest BCUT2D eigenvalue weighted by Gasteiger charge is 2.25. The molecule has 0 saturated heterocycles. The van der Waals surface area contributed by atoms with E-state index in [-0.39, 0.29) is 5.03 Å². The van der Waals surface area contributed by atoms with E-state index >= 15 is 0 Å². The van der Waals surface area contributed by atoms with Gasteiger partial charge in [-0.05, 0) is 12.3 Å². The summed E-state index contributed by atoms with van der Waals surface area (Å²) in [5.41, 5.74) is 0. The van der Waals surface area contributed by atoms with Crippen LogP contribution in [0.15, 0.2) is 11.2 Å². The maximum Gasteiger partial charge on any atom is 0.349 e. The summed E-state index contributed by atoms with van der Waals surface area (Å²) in [6.07, 6.45) is 2.79. The first-order chi connectivity index (χ1) is 6.48. The molecule has 1 atom stereocenters. The van der Waals surface area contributed by atoms with Gasteiger partial charge < -0.3 is 4.57 Å². The predicted octanol–water partition coefficient (Wildman–Crippen LogP) is 1.12. The zero-order chi connectivity index (χ0) is 10.3. The molecule has 1 aliphatic rings. The molecule has 78 valence electrons. The molecule has 14 heavy (non-hydrogen) atoms. The summed E-state index contributed by atoms with van der Waals surface area (Å²) in [4.78, 5) is 3.90. The van der Waals surface area contributed by atoms with Gasteiger partial charge in [-0.15, -0.1) is 0 Å². The summed E-state index contributed by atoms with van der Waals surface area (Å²) in [5.74, 6) is 1.04. The van der Waals surface area contributed by atoms with Gasteiger partial charge >= 0.3 is 10.2 Å². The first kappa shape index (κ1) is 9.64. The molecule has 1 aromatic heterocycles. The van der Waals surface area contributed by atoms with Crippen molar-refractivity contribution in [3.05, 3.63) is 12.0 Å². The number of rotatable bonds is 1. The largest absolute Gasteiger partial charge is 0.349 e. The van der Waals surface area contributed by atoms with Crippen LogP contribution in [0.2, 0.25) is 0 Å². The van der Waals surface area contributed by atoms with Crippen LogP contribution in [-0.2, 0) is 23.2 Å². The SMILES string of the molecule is CC1CCc2ncc(S(=O)(=O)F)n2C1. The lowest BCUT2D eigenvalue weighted by atomic mass is 10.0. The standard InChI is InChI=1S/C8H11FN2O2S/c1-6-2-3-7-10-4-8(11(7)5-6)14(9,12)13/h4,6H,2-3,5H2,1H3. The van der Waals surface area contributed by atoms with Crippen molar-refractivity contribution in [3.63, 3.8) is 0 Å². The van der Waals surface area contributed by atoms with E-state index in [4.69, 9.17) is 0 Å². The van der Waals surface area contributed by atoms with Crippen LogP contribution in [0, 0.1) is 5.92 Å². The fraction of sp³-hybridized carbons (Fsp3) is 0.625. The highest BCUT2D eigenvalue weighted by Crippen LogP contribution is 2.23. The van der Waals surface area contributed by atoms with Crippen LogP contribution in [-0.4, -0.2) is 18.0 Å². The summed E-state index contributed by atoms with van der Waals surface area (Å²) in [6.45, 7) is 2.55. The minimum Gasteiger partial charge on any atom is -0.317 e. The molecule has 1 unspecified atom stereocenters. The molecule has 0 radical (unpaired) electrons. The van der Waals surface area contributed by atoms with Gasteiger partial charge in [0.15, 0.2) is 5.03 Å². The highest BCUT2D eigenvalue weighted by molar-refractivity contribution is 7.86. The van der Waals surface area contributed by atoms with Crippen molar-refractivity contribution < 1.29 is 12.3 Å². The van der Waals surface area contributed by atoms with Crippen molar-refractivity contribution in [1.29, 1.82) is 0 Å². The molecule has 1 aliphatic heterocycles. The Kier molecular flexibility index (Phi) is 2.10. The number of imidazole rings is 1. The molecular weight excluding hydrogens is 207 g/mol. The summed E-state index contributed by atoms with van der Waals surface area (Å²) < 4.78 is 35.7. The molecule has 0 spiro atoms. The monoisotopic (exact) mass is 218 g/mol. The summed E-state index contributed by atoms with van der Waals surface area (Å²) in [7, 11) is -4.62. The maximum atomic E-state index is 12.8. The number of halogens is 1. The van der Waals surface area contributed by atoms with Gasteiger partial charge in [0.2, 0.25) is 0 Å². The number of hydrogen-bond donors (Lipinski definition) is 0. The molecule has 2 rings (SSSR count). The van der Waals surface area contributed by atoms with Crippen LogP contribution in [0.4, 0.5) is 3.89 Å². The zero-order valence-electron chi connectivity index (χ0n) is 7.77. The molecule has 0 fully saturated rings. The third-order valence-electron chi connectivity index (χ3n) is 2.51. The van der Waals surface area contributed by atoms with Crippen molar-refractivity contribution in [1.82, 2.24) is 9.55 Å². The van der Waals surface area contributed by atoms with Crippen molar-refractivity contribution in [3.8, 4) is 0 Å². The first-order valence-corrected chi connectivity index (χ1v) is 5.86. The smallest absolute Gasteiger partial charge is 0.317 e. The quantitative estimate of drug-likeness (QED) is 0.664. The Morgan fingerprint density at radius 3 is 3.00 bits per heavy atom. The molecule has 0 aromatic carbocycles. The lowest BCUT2D eigenvalue weighted by Crippen LogP contribution is -2.20. The average molecular weight is 218 g/mol. The first-order valence-electron chi connectivity index (χ1n) is 4.47. The van der Waals surface area contributed by atoms with Gasteiger partial charge in [0.1, 0.15) is 5.82 Å². The Hall–Kier alpha value is -0.910. The Morgan fingerprint density at radius 2 is 2.36 bits per heavy atom. The van der Waals surface area contributed by atoms with E-state index in [1.54, 1.807) is 0 Å². The predicted molar refractivity (Wildman–Crippen MR) is 48.0 cm³/mol. The van der Waals surface area contributed by atoms with Crippen LogP contribution in [0.3, 0.4) is 0 Å². The fourth-order valence-electron chi connectivity index (χ4n) is 1.76. The van der Waals surface area contributed by atoms with Gasteiger partial charge in [0.05, 0.1) is 6.20 Å². The molecule has 0 N–H and O–H groups in total. The van der Waals surface area contributed by atoms with Crippen molar-refractivity contribution >= 4 is 10.2 Å². The minimum atomic E-state index is -4.62. The summed E-state index contributed by atoms with van der Waals surface area (Å²) in [6, 6.07) is 0. The molecule has 6 heteroatoms. The van der Waals surface area contributed by atoms with Crippen LogP contribution >= 0.6 is 0 Å². The van der Waals surface area contributed by atoms with E-state index in [0.29, 0.717) is 18.3 Å². The van der Waals surface area contributed by atoms with Crippen molar-refractivity contribution in [2.24, 2.45) is 5.92 Å². The Morgan fingerprint density at radius 1 is 1.64 bits per heavy atom. The molecule has 0 amide bonds. The molecule has 1 aromatic rings. The molecule has 0 saturated carbocycles. The molecule has 2 heterocycles. The minimum absolute atomic E-state index is 0.306. The van der Waals surface area contributed by atoms with E-state index in [9.17, 15) is 12.3 Å². The van der Waals surface area contributed by atoms with Crippen molar-refractivity contribution in [2.75, 3.05) is 0 Å². The zero-order valence-corrected chi connectivity index (χ0v) is 8.59. The van der Waals surface area contributed by atoms with E-state index in [1.165, 1.54) is 4.57 Å². The van der Waals surface area contributed by atoms with Gasteiger partial charge in [-0.1, -0.05) is 10.8 Å². The Labute approximate surface area is 82.0 Å². The second kappa shape index (κ2) is 3.05. The lowest BCUT2D eigenvalue weighted by molar-refractivity contribution is 0.374. The second-order valence-corrected chi connectivity index (χ2v) is 5.00. The number of nitrogens with zero attached hydrogens (tertiary/aromatic N) is 2. The Balaban J connectivity index is 2.51. The van der Waals surface area contributed by atoms with E-state index < -0.39 is 10.2 Å². The number of aromatic nitrogens is 2. The lowest BCUT2D eigenvalue weighted by Gasteiger charge is -2.20. The van der Waals surface area contributed by atoms with Crippen LogP contribution in [0.25, 0.3) is 0 Å². The van der Waals surface area contributed by atoms with E-state index in [2.05, 4.69) is 4.98 Å². The fourth-order valence-corrected chi connectivity index (χ4v) is 2.39. The van der Waals surface area contributed by atoms with Gasteiger partial charge in [-0.2, -0.15) is 8.42 Å². The number of aryl methyl sites for hydroxylation is 1. The molecule has 0 bridgehead atoms. The van der Waals surface area contributed by atoms with Crippen molar-refractivity contribution in [2.45, 2.75) is 31.3 Å². The number of hydrogen-bond acceptors (Lipinski definition) is 3. The second-order valence-electron chi connectivity index (χ2n) is 3.70. The Bertz CT molecular complexity index is 452. The normalized spacial score (nSPS) is 22.0. The van der Waals surface area contributed by atoms with E-state index in [1.807, 2.05) is 6.92 Å². The van der Waals surface area contributed by atoms with Gasteiger partial charge in [-0.25, -0.2) is 4.98 Å². The van der Waals surface area contributed by atoms with Gasteiger partial charge in [0, 0.05) is 13.0 Å². The third kappa shape index (κ3) is 1.54. The average Bonchev–Trinajstić information content (AvgIpc) is 2.45. The highest BCUT2D eigenvalue weighted by atomic mass is 32.3. The number of fused-ring (bicyclic) bond motifs is 1. The summed E-state index contributed by atoms with van der Waals surface area (Å²) >= 11 is 0. The van der Waals surface area contributed by atoms with E-state index in [0.717, 1.165) is 19.0 Å². The third-order valence-corrected chi connectivity index (χ3v) is 3.33. The molecular formula is C8H11FN2O2S. The van der Waals surface area contributed by atoms with Gasteiger partial charge in [0.25, 0.3) is 0 Å². The molecule has 4 nitrogen and oxygen atoms in total. The topological polar surface area (TPSA) is 52.0 Å².